The van der Waals surface area contributed by atoms with E-state index >= 15 is 0 Å². The van der Waals surface area contributed by atoms with Gasteiger partial charge in [-0.2, -0.15) is 0 Å². The third-order valence-corrected chi connectivity index (χ3v) is 3.82. The van der Waals surface area contributed by atoms with E-state index in [0.29, 0.717) is 119 Å². The summed E-state index contributed by atoms with van der Waals surface area (Å²) in [5.41, 5.74) is 0. The van der Waals surface area contributed by atoms with Crippen molar-refractivity contribution >= 4 is 5.97 Å². The molecule has 0 aromatic rings. The van der Waals surface area contributed by atoms with Crippen LogP contribution in [0.4, 0.5) is 0 Å². The predicted octanol–water partition coefficient (Wildman–Crippen LogP) is 0.983. The number of ether oxygens (including phenoxy) is 9. The van der Waals surface area contributed by atoms with Crippen molar-refractivity contribution in [3.8, 4) is 0 Å². The lowest BCUT2D eigenvalue weighted by Gasteiger charge is -2.08. The fourth-order valence-electron chi connectivity index (χ4n) is 2.15. The van der Waals surface area contributed by atoms with Gasteiger partial charge in [-0.05, 0) is 0 Å². The van der Waals surface area contributed by atoms with Gasteiger partial charge >= 0.3 is 5.97 Å². The van der Waals surface area contributed by atoms with Crippen molar-refractivity contribution < 1.29 is 57.2 Å². The SMILES string of the molecule is C=CCOOCCOCCOCCOCCOCCOCCOCCOCCOCCOC(=O)C=C. The topological polar surface area (TPSA) is 119 Å². The average molecular weight is 525 g/mol. The largest absolute Gasteiger partial charge is 0.460 e. The summed E-state index contributed by atoms with van der Waals surface area (Å²) >= 11 is 0. The summed E-state index contributed by atoms with van der Waals surface area (Å²) in [6.07, 6.45) is 2.72. The van der Waals surface area contributed by atoms with Gasteiger partial charge in [-0.1, -0.05) is 12.7 Å². The van der Waals surface area contributed by atoms with Gasteiger partial charge in [-0.25, -0.2) is 14.6 Å². The second-order valence-corrected chi connectivity index (χ2v) is 6.67. The van der Waals surface area contributed by atoms with Gasteiger partial charge in [0.05, 0.1) is 106 Å². The first-order valence-corrected chi connectivity index (χ1v) is 12.1. The van der Waals surface area contributed by atoms with Crippen molar-refractivity contribution in [3.63, 3.8) is 0 Å². The molecule has 0 aliphatic rings. The molecule has 0 radical (unpaired) electrons. The molecule has 36 heavy (non-hydrogen) atoms. The lowest BCUT2D eigenvalue weighted by Crippen LogP contribution is -2.15. The van der Waals surface area contributed by atoms with Gasteiger partial charge < -0.3 is 42.6 Å². The van der Waals surface area contributed by atoms with Gasteiger partial charge in [0.2, 0.25) is 0 Å². The molecule has 0 saturated heterocycles. The fraction of sp³-hybridized carbons (Fsp3) is 0.792. The van der Waals surface area contributed by atoms with Crippen molar-refractivity contribution in [1.29, 1.82) is 0 Å². The number of hydrogen-bond donors (Lipinski definition) is 0. The molecule has 12 nitrogen and oxygen atoms in total. The van der Waals surface area contributed by atoms with E-state index in [9.17, 15) is 4.79 Å². The Kier molecular flexibility index (Phi) is 30.3. The first kappa shape index (κ1) is 34.6. The molecule has 0 spiro atoms. The Morgan fingerprint density at radius 1 is 0.444 bits per heavy atom. The van der Waals surface area contributed by atoms with Crippen molar-refractivity contribution in [2.24, 2.45) is 0 Å². The zero-order valence-electron chi connectivity index (χ0n) is 21.4. The van der Waals surface area contributed by atoms with E-state index in [1.54, 1.807) is 6.08 Å². The summed E-state index contributed by atoms with van der Waals surface area (Å²) in [5, 5.41) is 0. The quantitative estimate of drug-likeness (QED) is 0.0321. The second kappa shape index (κ2) is 31.6. The lowest BCUT2D eigenvalue weighted by molar-refractivity contribution is -0.291. The van der Waals surface area contributed by atoms with E-state index in [0.717, 1.165) is 6.08 Å². The molecular formula is C24H44O12. The Labute approximate surface area is 214 Å². The Hall–Kier alpha value is -1.45. The zero-order valence-corrected chi connectivity index (χ0v) is 21.4. The molecule has 0 rings (SSSR count). The van der Waals surface area contributed by atoms with Crippen LogP contribution in [-0.4, -0.2) is 132 Å². The third-order valence-electron chi connectivity index (χ3n) is 3.82. The van der Waals surface area contributed by atoms with Crippen LogP contribution < -0.4 is 0 Å². The van der Waals surface area contributed by atoms with Crippen molar-refractivity contribution in [2.75, 3.05) is 126 Å². The molecule has 0 amide bonds. The standard InChI is InChI=1S/C24H44O12/c1-3-5-35-36-23-21-33-19-17-31-15-13-29-11-9-27-7-6-26-8-10-28-12-14-30-16-18-32-20-22-34-24(25)4-2/h3-4H,1-2,5-23H2. The van der Waals surface area contributed by atoms with E-state index in [2.05, 4.69) is 13.2 Å². The van der Waals surface area contributed by atoms with Crippen molar-refractivity contribution in [3.05, 3.63) is 25.3 Å². The van der Waals surface area contributed by atoms with Crippen LogP contribution in [0.25, 0.3) is 0 Å². The molecule has 0 aliphatic heterocycles. The highest BCUT2D eigenvalue weighted by molar-refractivity contribution is 5.81. The van der Waals surface area contributed by atoms with Crippen molar-refractivity contribution in [2.45, 2.75) is 0 Å². The van der Waals surface area contributed by atoms with E-state index in [-0.39, 0.29) is 6.61 Å². The molecule has 0 saturated carbocycles. The highest BCUT2D eigenvalue weighted by Gasteiger charge is 1.97. The van der Waals surface area contributed by atoms with Gasteiger partial charge in [0.25, 0.3) is 0 Å². The summed E-state index contributed by atoms with van der Waals surface area (Å²) in [5.74, 6) is -0.459. The first-order valence-electron chi connectivity index (χ1n) is 12.1. The van der Waals surface area contributed by atoms with Crippen LogP contribution >= 0.6 is 0 Å². The maximum Gasteiger partial charge on any atom is 0.330 e. The maximum absolute atomic E-state index is 10.8. The molecular weight excluding hydrogens is 480 g/mol. The number of hydrogen-bond acceptors (Lipinski definition) is 12. The minimum Gasteiger partial charge on any atom is -0.460 e. The Balaban J connectivity index is 3.04. The number of carbonyl (C=O) groups is 1. The minimum absolute atomic E-state index is 0.200. The van der Waals surface area contributed by atoms with Crippen molar-refractivity contribution in [1.82, 2.24) is 0 Å². The number of rotatable bonds is 31. The highest BCUT2D eigenvalue weighted by Crippen LogP contribution is 1.87. The smallest absolute Gasteiger partial charge is 0.330 e. The molecule has 0 unspecified atom stereocenters. The van der Waals surface area contributed by atoms with Crippen LogP contribution in [0.1, 0.15) is 0 Å². The summed E-state index contributed by atoms with van der Waals surface area (Å²) in [6, 6.07) is 0. The van der Waals surface area contributed by atoms with Crippen LogP contribution in [0.2, 0.25) is 0 Å². The Morgan fingerprint density at radius 2 is 0.750 bits per heavy atom. The molecule has 12 heteroatoms. The number of esters is 1. The molecule has 0 aliphatic carbocycles. The van der Waals surface area contributed by atoms with Crippen LogP contribution in [0.3, 0.4) is 0 Å². The molecule has 0 aromatic carbocycles. The van der Waals surface area contributed by atoms with E-state index < -0.39 is 5.97 Å². The molecule has 0 fully saturated rings. The second-order valence-electron chi connectivity index (χ2n) is 6.67. The maximum atomic E-state index is 10.8. The monoisotopic (exact) mass is 524 g/mol. The fourth-order valence-corrected chi connectivity index (χ4v) is 2.15. The highest BCUT2D eigenvalue weighted by atomic mass is 17.2. The third kappa shape index (κ3) is 30.6. The molecule has 212 valence electrons. The molecule has 0 heterocycles. The van der Waals surface area contributed by atoms with Crippen LogP contribution in [0.5, 0.6) is 0 Å². The lowest BCUT2D eigenvalue weighted by atomic mass is 10.6. The zero-order chi connectivity index (χ0) is 26.2. The van der Waals surface area contributed by atoms with Gasteiger partial charge in [-0.15, -0.1) is 6.58 Å². The molecule has 0 aromatic heterocycles. The van der Waals surface area contributed by atoms with Gasteiger partial charge in [0, 0.05) is 6.08 Å². The summed E-state index contributed by atoms with van der Waals surface area (Å²) in [4.78, 5) is 20.4. The van der Waals surface area contributed by atoms with E-state index in [4.69, 9.17) is 52.4 Å². The minimum atomic E-state index is -0.459. The summed E-state index contributed by atoms with van der Waals surface area (Å²) in [7, 11) is 0. The predicted molar refractivity (Wildman–Crippen MR) is 130 cm³/mol. The normalized spacial score (nSPS) is 11.0. The first-order chi connectivity index (χ1) is 17.8. The molecule has 0 N–H and O–H groups in total. The van der Waals surface area contributed by atoms with Gasteiger partial charge in [0.1, 0.15) is 19.8 Å². The summed E-state index contributed by atoms with van der Waals surface area (Å²) < 4.78 is 47.7. The van der Waals surface area contributed by atoms with E-state index in [1.807, 2.05) is 0 Å². The Bertz CT molecular complexity index is 478. The molecule has 0 bridgehead atoms. The summed E-state index contributed by atoms with van der Waals surface area (Å²) in [6.45, 7) is 15.3. The van der Waals surface area contributed by atoms with Crippen LogP contribution in [-0.2, 0) is 57.2 Å². The van der Waals surface area contributed by atoms with Gasteiger partial charge in [-0.3, -0.25) is 0 Å². The number of carbonyl (C=O) groups excluding carboxylic acids is 1. The van der Waals surface area contributed by atoms with Gasteiger partial charge in [0.15, 0.2) is 0 Å². The Morgan fingerprint density at radius 3 is 1.06 bits per heavy atom. The van der Waals surface area contributed by atoms with E-state index in [1.165, 1.54) is 0 Å². The van der Waals surface area contributed by atoms with Crippen LogP contribution in [0.15, 0.2) is 25.3 Å². The molecule has 0 atom stereocenters. The van der Waals surface area contributed by atoms with Crippen LogP contribution in [0, 0.1) is 0 Å². The average Bonchev–Trinajstić information content (AvgIpc) is 2.89.